The minimum Gasteiger partial charge on any atom is -0.383 e. The summed E-state index contributed by atoms with van der Waals surface area (Å²) in [6, 6.07) is 10.2. The number of likely N-dealkylation sites (tertiary alicyclic amines) is 2. The summed E-state index contributed by atoms with van der Waals surface area (Å²) in [5, 5.41) is 0. The van der Waals surface area contributed by atoms with Crippen LogP contribution in [-0.2, 0) is 24.5 Å². The number of hydrogen-bond donors (Lipinski definition) is 0. The van der Waals surface area contributed by atoms with Crippen LogP contribution in [0, 0.1) is 0 Å². The van der Waals surface area contributed by atoms with Crippen molar-refractivity contribution in [2.24, 2.45) is 0 Å². The Labute approximate surface area is 155 Å². The van der Waals surface area contributed by atoms with E-state index in [1.807, 2.05) is 28.0 Å². The van der Waals surface area contributed by atoms with Crippen molar-refractivity contribution in [1.82, 2.24) is 9.80 Å². The fourth-order valence-corrected chi connectivity index (χ4v) is 4.49. The minimum absolute atomic E-state index is 0.0338. The van der Waals surface area contributed by atoms with Crippen LogP contribution in [0.4, 0.5) is 0 Å². The molecule has 0 aromatic heterocycles. The lowest BCUT2D eigenvalue weighted by molar-refractivity contribution is -0.138. The number of carbonyl (C=O) groups is 2. The SMILES string of the molecule is COCCN1CC[C@]2(c3ccccc3)CCN(C(=O)COC)[C@@H]2CC1=O. The molecule has 2 heterocycles. The van der Waals surface area contributed by atoms with Crippen molar-refractivity contribution < 1.29 is 19.1 Å². The van der Waals surface area contributed by atoms with Crippen molar-refractivity contribution in [3.8, 4) is 0 Å². The first-order valence-corrected chi connectivity index (χ1v) is 9.23. The van der Waals surface area contributed by atoms with E-state index in [-0.39, 0.29) is 29.9 Å². The molecular weight excluding hydrogens is 332 g/mol. The number of methoxy groups -OCH3 is 2. The number of benzene rings is 1. The highest BCUT2D eigenvalue weighted by Crippen LogP contribution is 2.46. The molecule has 3 rings (SSSR count). The molecule has 0 N–H and O–H groups in total. The number of fused-ring (bicyclic) bond motifs is 1. The number of nitrogens with zero attached hydrogens (tertiary/aromatic N) is 2. The number of hydrogen-bond acceptors (Lipinski definition) is 4. The average Bonchev–Trinajstić information content (AvgIpc) is 2.95. The van der Waals surface area contributed by atoms with Crippen LogP contribution in [0.5, 0.6) is 0 Å². The molecule has 0 spiro atoms. The zero-order valence-electron chi connectivity index (χ0n) is 15.6. The van der Waals surface area contributed by atoms with E-state index in [9.17, 15) is 9.59 Å². The quantitative estimate of drug-likeness (QED) is 0.770. The molecule has 2 fully saturated rings. The van der Waals surface area contributed by atoms with E-state index in [0.717, 1.165) is 12.8 Å². The van der Waals surface area contributed by atoms with Crippen molar-refractivity contribution >= 4 is 11.8 Å². The van der Waals surface area contributed by atoms with E-state index in [4.69, 9.17) is 9.47 Å². The lowest BCUT2D eigenvalue weighted by Gasteiger charge is -2.36. The van der Waals surface area contributed by atoms with E-state index >= 15 is 0 Å². The van der Waals surface area contributed by atoms with Crippen LogP contribution in [0.15, 0.2) is 30.3 Å². The van der Waals surface area contributed by atoms with Crippen molar-refractivity contribution in [3.05, 3.63) is 35.9 Å². The van der Waals surface area contributed by atoms with Crippen LogP contribution in [0.2, 0.25) is 0 Å². The van der Waals surface area contributed by atoms with Gasteiger partial charge < -0.3 is 19.3 Å². The highest BCUT2D eigenvalue weighted by Gasteiger charge is 2.52. The van der Waals surface area contributed by atoms with Gasteiger partial charge in [-0.3, -0.25) is 9.59 Å². The highest BCUT2D eigenvalue weighted by molar-refractivity contribution is 5.82. The van der Waals surface area contributed by atoms with Gasteiger partial charge in [0.2, 0.25) is 11.8 Å². The molecule has 0 saturated carbocycles. The Bertz CT molecular complexity index is 636. The van der Waals surface area contributed by atoms with Crippen molar-refractivity contribution in [3.63, 3.8) is 0 Å². The third kappa shape index (κ3) is 3.48. The first-order valence-electron chi connectivity index (χ1n) is 9.23. The Balaban J connectivity index is 1.93. The largest absolute Gasteiger partial charge is 0.383 e. The van der Waals surface area contributed by atoms with Crippen molar-refractivity contribution in [2.75, 3.05) is 47.1 Å². The van der Waals surface area contributed by atoms with E-state index in [1.54, 1.807) is 7.11 Å². The molecule has 2 aliphatic rings. The Morgan fingerprint density at radius 3 is 2.58 bits per heavy atom. The van der Waals surface area contributed by atoms with Gasteiger partial charge in [0.05, 0.1) is 12.6 Å². The average molecular weight is 360 g/mol. The topological polar surface area (TPSA) is 59.1 Å². The predicted octanol–water partition coefficient (Wildman–Crippen LogP) is 1.44. The van der Waals surface area contributed by atoms with Gasteiger partial charge in [0.25, 0.3) is 0 Å². The van der Waals surface area contributed by atoms with E-state index in [2.05, 4.69) is 12.1 Å². The maximum atomic E-state index is 12.9. The maximum absolute atomic E-state index is 12.9. The van der Waals surface area contributed by atoms with E-state index in [1.165, 1.54) is 12.7 Å². The van der Waals surface area contributed by atoms with E-state index < -0.39 is 0 Å². The predicted molar refractivity (Wildman–Crippen MR) is 97.8 cm³/mol. The summed E-state index contributed by atoms with van der Waals surface area (Å²) >= 11 is 0. The molecule has 6 nitrogen and oxygen atoms in total. The van der Waals surface area contributed by atoms with Gasteiger partial charge in [0.15, 0.2) is 0 Å². The van der Waals surface area contributed by atoms with Gasteiger partial charge in [-0.25, -0.2) is 0 Å². The lowest BCUT2D eigenvalue weighted by Crippen LogP contribution is -2.46. The Kier molecular flexibility index (Phi) is 5.94. The second-order valence-corrected chi connectivity index (χ2v) is 7.14. The molecule has 2 amide bonds. The summed E-state index contributed by atoms with van der Waals surface area (Å²) in [5.74, 6) is 0.0652. The normalized spacial score (nSPS) is 25.9. The van der Waals surface area contributed by atoms with Gasteiger partial charge in [0, 0.05) is 45.7 Å². The van der Waals surface area contributed by atoms with Crippen molar-refractivity contribution in [1.29, 1.82) is 0 Å². The zero-order chi connectivity index (χ0) is 18.6. The fraction of sp³-hybridized carbons (Fsp3) is 0.600. The summed E-state index contributed by atoms with van der Waals surface area (Å²) in [6.07, 6.45) is 2.09. The summed E-state index contributed by atoms with van der Waals surface area (Å²) in [7, 11) is 3.18. The molecule has 0 radical (unpaired) electrons. The second-order valence-electron chi connectivity index (χ2n) is 7.14. The fourth-order valence-electron chi connectivity index (χ4n) is 4.49. The number of carbonyl (C=O) groups excluding carboxylic acids is 2. The smallest absolute Gasteiger partial charge is 0.248 e. The maximum Gasteiger partial charge on any atom is 0.248 e. The molecule has 0 bridgehead atoms. The molecular formula is C20H28N2O4. The first-order chi connectivity index (χ1) is 12.6. The van der Waals surface area contributed by atoms with Crippen LogP contribution >= 0.6 is 0 Å². The lowest BCUT2D eigenvalue weighted by atomic mass is 9.71. The summed E-state index contributed by atoms with van der Waals surface area (Å²) in [5.41, 5.74) is 1.04. The van der Waals surface area contributed by atoms with E-state index in [0.29, 0.717) is 32.7 Å². The van der Waals surface area contributed by atoms with Gasteiger partial charge in [-0.1, -0.05) is 30.3 Å². The molecule has 0 unspecified atom stereocenters. The molecule has 0 aliphatic carbocycles. The van der Waals surface area contributed by atoms with Crippen LogP contribution in [0.25, 0.3) is 0 Å². The van der Waals surface area contributed by atoms with Gasteiger partial charge in [0.1, 0.15) is 6.61 Å². The highest BCUT2D eigenvalue weighted by atomic mass is 16.5. The summed E-state index contributed by atoms with van der Waals surface area (Å²) < 4.78 is 10.2. The van der Waals surface area contributed by atoms with Crippen LogP contribution in [-0.4, -0.2) is 74.7 Å². The Morgan fingerprint density at radius 2 is 1.88 bits per heavy atom. The molecule has 6 heteroatoms. The molecule has 2 aliphatic heterocycles. The van der Waals surface area contributed by atoms with Gasteiger partial charge in [-0.2, -0.15) is 0 Å². The van der Waals surface area contributed by atoms with Gasteiger partial charge in [-0.15, -0.1) is 0 Å². The first kappa shape index (κ1) is 18.9. The molecule has 26 heavy (non-hydrogen) atoms. The second kappa shape index (κ2) is 8.18. The summed E-state index contributed by atoms with van der Waals surface area (Å²) in [4.78, 5) is 29.2. The number of ether oxygens (including phenoxy) is 2. The third-order valence-corrected chi connectivity index (χ3v) is 5.86. The Hall–Kier alpha value is -1.92. The molecule has 1 aromatic carbocycles. The molecule has 142 valence electrons. The minimum atomic E-state index is -0.178. The molecule has 1 aromatic rings. The number of rotatable bonds is 6. The molecule has 2 saturated heterocycles. The van der Waals surface area contributed by atoms with Gasteiger partial charge >= 0.3 is 0 Å². The van der Waals surface area contributed by atoms with Crippen LogP contribution < -0.4 is 0 Å². The monoisotopic (exact) mass is 360 g/mol. The standard InChI is InChI=1S/C20H28N2O4/c1-25-13-12-21-10-8-20(16-6-4-3-5-7-16)9-11-22(19(24)15-26-2)17(20)14-18(21)23/h3-7,17H,8-15H2,1-2H3/t17-,20-/m1/s1. The Morgan fingerprint density at radius 1 is 1.15 bits per heavy atom. The zero-order valence-corrected chi connectivity index (χ0v) is 15.6. The summed E-state index contributed by atoms with van der Waals surface area (Å²) in [6.45, 7) is 2.55. The van der Waals surface area contributed by atoms with Crippen LogP contribution in [0.1, 0.15) is 24.8 Å². The third-order valence-electron chi connectivity index (χ3n) is 5.86. The van der Waals surface area contributed by atoms with Crippen molar-refractivity contribution in [2.45, 2.75) is 30.7 Å². The van der Waals surface area contributed by atoms with Crippen LogP contribution in [0.3, 0.4) is 0 Å². The molecule has 2 atom stereocenters. The number of amides is 2. The van der Waals surface area contributed by atoms with Gasteiger partial charge in [-0.05, 0) is 18.4 Å².